The Hall–Kier alpha value is -1.86. The van der Waals surface area contributed by atoms with Crippen molar-refractivity contribution in [3.05, 3.63) is 88.1 Å². The van der Waals surface area contributed by atoms with Crippen LogP contribution >= 0.6 is 46.2 Å². The van der Waals surface area contributed by atoms with Crippen molar-refractivity contribution in [2.24, 2.45) is 0 Å². The fraction of sp³-hybridized carbons (Fsp3) is 0.167. The maximum Gasteiger partial charge on any atom is 0.199 e. The van der Waals surface area contributed by atoms with E-state index in [1.165, 1.54) is 20.1 Å². The van der Waals surface area contributed by atoms with Crippen LogP contribution in [-0.2, 0) is 5.41 Å². The van der Waals surface area contributed by atoms with Crippen LogP contribution in [0.15, 0.2) is 53.3 Å². The summed E-state index contributed by atoms with van der Waals surface area (Å²) < 4.78 is 5.55. The summed E-state index contributed by atoms with van der Waals surface area (Å²) in [5, 5.41) is 4.19. The Labute approximate surface area is 190 Å². The predicted octanol–water partition coefficient (Wildman–Crippen LogP) is 5.64. The third-order valence-electron chi connectivity index (χ3n) is 5.14. The molecule has 1 aromatic carbocycles. The van der Waals surface area contributed by atoms with E-state index in [1.807, 2.05) is 30.3 Å². The zero-order chi connectivity index (χ0) is 21.0. The number of hydrogen-bond acceptors (Lipinski definition) is 6. The Kier molecular flexibility index (Phi) is 4.93. The van der Waals surface area contributed by atoms with Crippen LogP contribution in [0.1, 0.15) is 47.1 Å². The molecule has 0 bridgehead atoms. The number of ketones is 2. The molecule has 0 saturated carbocycles. The van der Waals surface area contributed by atoms with Gasteiger partial charge in [-0.2, -0.15) is 0 Å². The SMILES string of the molecule is CC(C)(C)c1ccc2c(c1)C(=O)/C(=c1\cc/c(=c3/ccc(=C4SC=CS4)s3)s1)C2=O. The van der Waals surface area contributed by atoms with Gasteiger partial charge in [-0.3, -0.25) is 9.59 Å². The number of hydrogen-bond donors (Lipinski definition) is 0. The average molecular weight is 467 g/mol. The van der Waals surface area contributed by atoms with Crippen molar-refractivity contribution in [3.8, 4) is 0 Å². The van der Waals surface area contributed by atoms with Gasteiger partial charge in [0.2, 0.25) is 0 Å². The number of thioether (sulfide) groups is 2. The summed E-state index contributed by atoms with van der Waals surface area (Å²) in [6, 6.07) is 13.9. The van der Waals surface area contributed by atoms with E-state index in [9.17, 15) is 9.59 Å². The van der Waals surface area contributed by atoms with E-state index in [0.717, 1.165) is 19.2 Å². The van der Waals surface area contributed by atoms with Gasteiger partial charge in [-0.25, -0.2) is 0 Å². The second kappa shape index (κ2) is 7.38. The maximum atomic E-state index is 13.1. The molecule has 6 heteroatoms. The zero-order valence-corrected chi connectivity index (χ0v) is 19.9. The first-order valence-corrected chi connectivity index (χ1v) is 12.9. The maximum absolute atomic E-state index is 13.1. The van der Waals surface area contributed by atoms with Crippen LogP contribution in [0.25, 0.3) is 9.81 Å². The molecule has 2 nitrogen and oxygen atoms in total. The molecular weight excluding hydrogens is 449 g/mol. The van der Waals surface area contributed by atoms with Gasteiger partial charge in [0.25, 0.3) is 0 Å². The van der Waals surface area contributed by atoms with E-state index in [4.69, 9.17) is 0 Å². The standard InChI is InChI=1S/C24H18O2S4/c1-24(2,3)13-4-5-14-15(12-13)22(26)20(21(14)25)18-8-6-16(29-18)17-7-9-19(30-17)23-27-10-11-28-23/h4-12H,1-3H3/b17-16+,20-18+. The second-order valence-electron chi connectivity index (χ2n) is 8.17. The molecule has 5 rings (SSSR count). The Morgan fingerprint density at radius 3 is 1.90 bits per heavy atom. The molecule has 0 unspecified atom stereocenters. The minimum absolute atomic E-state index is 0.0719. The number of benzene rings is 1. The molecule has 30 heavy (non-hydrogen) atoms. The molecule has 3 heterocycles. The van der Waals surface area contributed by atoms with E-state index in [0.29, 0.717) is 16.7 Å². The van der Waals surface area contributed by atoms with Crippen molar-refractivity contribution in [1.82, 2.24) is 0 Å². The molecule has 0 amide bonds. The largest absolute Gasteiger partial charge is 0.288 e. The van der Waals surface area contributed by atoms with Crippen molar-refractivity contribution in [1.29, 1.82) is 0 Å². The lowest BCUT2D eigenvalue weighted by Crippen LogP contribution is -2.12. The number of carbonyl (C=O) groups is 2. The van der Waals surface area contributed by atoms with Gasteiger partial charge in [0, 0.05) is 29.3 Å². The van der Waals surface area contributed by atoms with Crippen LogP contribution in [0.2, 0.25) is 0 Å². The summed E-state index contributed by atoms with van der Waals surface area (Å²) in [6.07, 6.45) is 0. The zero-order valence-electron chi connectivity index (χ0n) is 16.6. The van der Waals surface area contributed by atoms with Gasteiger partial charge in [-0.05, 0) is 58.2 Å². The van der Waals surface area contributed by atoms with Gasteiger partial charge in [-0.1, -0.05) is 50.4 Å². The van der Waals surface area contributed by atoms with E-state index in [-0.39, 0.29) is 17.0 Å². The number of fused-ring (bicyclic) bond motifs is 1. The van der Waals surface area contributed by atoms with E-state index in [1.54, 1.807) is 34.9 Å². The molecule has 2 aromatic heterocycles. The monoisotopic (exact) mass is 466 g/mol. The van der Waals surface area contributed by atoms with Gasteiger partial charge in [-0.15, -0.1) is 22.7 Å². The average Bonchev–Trinajstić information content (AvgIpc) is 3.48. The van der Waals surface area contributed by atoms with Crippen LogP contribution in [0.4, 0.5) is 0 Å². The highest BCUT2D eigenvalue weighted by atomic mass is 32.2. The van der Waals surface area contributed by atoms with E-state index >= 15 is 0 Å². The molecule has 1 aliphatic heterocycles. The molecule has 2 aliphatic rings. The first-order valence-electron chi connectivity index (χ1n) is 9.50. The molecule has 0 radical (unpaired) electrons. The van der Waals surface area contributed by atoms with E-state index < -0.39 is 0 Å². The minimum Gasteiger partial charge on any atom is -0.288 e. The second-order valence-corrected chi connectivity index (χ2v) is 12.4. The Morgan fingerprint density at radius 1 is 0.667 bits per heavy atom. The fourth-order valence-corrected chi connectivity index (χ4v) is 7.63. The molecule has 0 spiro atoms. The molecule has 0 saturated heterocycles. The summed E-state index contributed by atoms with van der Waals surface area (Å²) in [5.74, 6) is -0.308. The summed E-state index contributed by atoms with van der Waals surface area (Å²) in [6.45, 7) is 6.33. The van der Waals surface area contributed by atoms with Crippen LogP contribution in [-0.4, -0.2) is 11.6 Å². The van der Waals surface area contributed by atoms with E-state index in [2.05, 4.69) is 43.7 Å². The smallest absolute Gasteiger partial charge is 0.199 e. The third kappa shape index (κ3) is 3.36. The molecule has 0 fully saturated rings. The Balaban J connectivity index is 1.65. The summed E-state index contributed by atoms with van der Waals surface area (Å²) in [7, 11) is 0. The van der Waals surface area contributed by atoms with Gasteiger partial charge in [0.1, 0.15) is 0 Å². The highest BCUT2D eigenvalue weighted by Crippen LogP contribution is 2.38. The Morgan fingerprint density at radius 2 is 1.23 bits per heavy atom. The topological polar surface area (TPSA) is 34.1 Å². The van der Waals surface area contributed by atoms with Crippen LogP contribution in [0.3, 0.4) is 0 Å². The lowest BCUT2D eigenvalue weighted by atomic mass is 9.85. The molecular formula is C24H18O2S4. The predicted molar refractivity (Wildman–Crippen MR) is 131 cm³/mol. The number of rotatable bonds is 0. The van der Waals surface area contributed by atoms with Crippen molar-refractivity contribution in [3.63, 3.8) is 0 Å². The third-order valence-corrected chi connectivity index (χ3v) is 9.96. The van der Waals surface area contributed by atoms with Crippen LogP contribution in [0.5, 0.6) is 0 Å². The quantitative estimate of drug-likeness (QED) is 0.429. The highest BCUT2D eigenvalue weighted by molar-refractivity contribution is 8.34. The summed E-state index contributed by atoms with van der Waals surface area (Å²) in [5.41, 5.74) is 2.36. The van der Waals surface area contributed by atoms with Gasteiger partial charge >= 0.3 is 0 Å². The highest BCUT2D eigenvalue weighted by Gasteiger charge is 2.34. The molecule has 150 valence electrons. The lowest BCUT2D eigenvalue weighted by Gasteiger charge is -2.19. The number of carbonyl (C=O) groups excluding carboxylic acids is 2. The number of Topliss-reactive ketones (excluding diaryl/α,β-unsaturated/α-hetero) is 2. The van der Waals surface area contributed by atoms with Crippen molar-refractivity contribution < 1.29 is 9.59 Å². The first-order chi connectivity index (χ1) is 14.3. The summed E-state index contributed by atoms with van der Waals surface area (Å²) in [4.78, 5) is 26.2. The normalized spacial score (nSPS) is 19.1. The van der Waals surface area contributed by atoms with Crippen molar-refractivity contribution >= 4 is 67.6 Å². The lowest BCUT2D eigenvalue weighted by molar-refractivity contribution is 0.102. The van der Waals surface area contributed by atoms with Crippen molar-refractivity contribution in [2.45, 2.75) is 26.2 Å². The molecule has 3 aromatic rings. The molecule has 1 aliphatic carbocycles. The van der Waals surface area contributed by atoms with Crippen LogP contribution in [0, 0.1) is 9.06 Å². The van der Waals surface area contributed by atoms with Gasteiger partial charge < -0.3 is 0 Å². The Bertz CT molecular complexity index is 1450. The first kappa shape index (κ1) is 20.1. The molecule has 0 N–H and O–H groups in total. The molecule has 0 atom stereocenters. The fourth-order valence-electron chi connectivity index (χ4n) is 3.50. The van der Waals surface area contributed by atoms with Crippen molar-refractivity contribution in [2.75, 3.05) is 0 Å². The number of thiophene rings is 2. The van der Waals surface area contributed by atoms with Gasteiger partial charge in [0.05, 0.1) is 9.81 Å². The minimum atomic E-state index is -0.156. The van der Waals surface area contributed by atoms with Gasteiger partial charge in [0.15, 0.2) is 11.6 Å². The summed E-state index contributed by atoms with van der Waals surface area (Å²) >= 11 is 6.76. The van der Waals surface area contributed by atoms with Crippen LogP contribution < -0.4 is 9.06 Å².